The van der Waals surface area contributed by atoms with E-state index in [-0.39, 0.29) is 4.90 Å². The Kier molecular flexibility index (Phi) is 5.68. The molecule has 0 saturated carbocycles. The van der Waals surface area contributed by atoms with Gasteiger partial charge in [-0.25, -0.2) is 17.5 Å². The molecular formula is C14H23FN2O2S. The highest BCUT2D eigenvalue weighted by molar-refractivity contribution is 7.89. The molecule has 20 heavy (non-hydrogen) atoms. The summed E-state index contributed by atoms with van der Waals surface area (Å²) in [6.45, 7) is 8.24. The molecular weight excluding hydrogens is 279 g/mol. The number of hydrogen-bond donors (Lipinski definition) is 1. The smallest absolute Gasteiger partial charge is 0.241 e. The molecule has 1 rings (SSSR count). The highest BCUT2D eigenvalue weighted by Gasteiger charge is 2.20. The van der Waals surface area contributed by atoms with Crippen LogP contribution in [-0.2, 0) is 10.0 Å². The first-order valence-corrected chi connectivity index (χ1v) is 8.10. The highest BCUT2D eigenvalue weighted by atomic mass is 32.2. The fraction of sp³-hybridized carbons (Fsp3) is 0.571. The van der Waals surface area contributed by atoms with Crippen LogP contribution in [0.5, 0.6) is 0 Å². The summed E-state index contributed by atoms with van der Waals surface area (Å²) in [6, 6.07) is 2.83. The Hall–Kier alpha value is -0.980. The zero-order valence-corrected chi connectivity index (χ0v) is 13.5. The maximum atomic E-state index is 13.2. The lowest BCUT2D eigenvalue weighted by atomic mass is 10.1. The fourth-order valence-electron chi connectivity index (χ4n) is 2.01. The number of nitrogens with one attached hydrogen (secondary N) is 1. The Bertz CT molecular complexity index is 548. The van der Waals surface area contributed by atoms with E-state index in [4.69, 9.17) is 0 Å². The molecule has 0 unspecified atom stereocenters. The van der Waals surface area contributed by atoms with E-state index in [1.807, 2.05) is 25.8 Å². The lowest BCUT2D eigenvalue weighted by molar-refractivity contribution is 0.278. The van der Waals surface area contributed by atoms with E-state index in [1.54, 1.807) is 13.8 Å². The Balaban J connectivity index is 2.85. The van der Waals surface area contributed by atoms with Crippen LogP contribution < -0.4 is 4.72 Å². The molecule has 4 nitrogen and oxygen atoms in total. The van der Waals surface area contributed by atoms with Gasteiger partial charge in [0.2, 0.25) is 10.0 Å². The molecule has 6 heteroatoms. The third-order valence-electron chi connectivity index (χ3n) is 3.33. The van der Waals surface area contributed by atoms with Crippen molar-refractivity contribution in [1.82, 2.24) is 9.62 Å². The minimum atomic E-state index is -3.60. The molecule has 0 spiro atoms. The first-order valence-electron chi connectivity index (χ1n) is 6.62. The normalized spacial score (nSPS) is 12.4. The molecule has 114 valence electrons. The zero-order chi connectivity index (χ0) is 15.5. The second-order valence-corrected chi connectivity index (χ2v) is 7.04. The lowest BCUT2D eigenvalue weighted by Crippen LogP contribution is -2.36. The Morgan fingerprint density at radius 2 is 1.75 bits per heavy atom. The molecule has 0 saturated heterocycles. The van der Waals surface area contributed by atoms with Crippen LogP contribution in [0.1, 0.15) is 25.0 Å². The zero-order valence-electron chi connectivity index (χ0n) is 12.7. The van der Waals surface area contributed by atoms with Crippen molar-refractivity contribution in [1.29, 1.82) is 0 Å². The van der Waals surface area contributed by atoms with Gasteiger partial charge < -0.3 is 4.90 Å². The SMILES string of the molecule is Cc1cc(F)cc(C)c1S(=O)(=O)NCCN(C)C(C)C. The van der Waals surface area contributed by atoms with Gasteiger partial charge in [-0.3, -0.25) is 0 Å². The second-order valence-electron chi connectivity index (χ2n) is 5.34. The van der Waals surface area contributed by atoms with E-state index in [1.165, 1.54) is 12.1 Å². The van der Waals surface area contributed by atoms with E-state index in [9.17, 15) is 12.8 Å². The van der Waals surface area contributed by atoms with Crippen molar-refractivity contribution >= 4 is 10.0 Å². The van der Waals surface area contributed by atoms with Gasteiger partial charge in [-0.2, -0.15) is 0 Å². The van der Waals surface area contributed by atoms with Gasteiger partial charge in [0.25, 0.3) is 0 Å². The maximum Gasteiger partial charge on any atom is 0.241 e. The molecule has 0 amide bonds. The quantitative estimate of drug-likeness (QED) is 0.875. The summed E-state index contributed by atoms with van der Waals surface area (Å²) in [5, 5.41) is 0. The Labute approximate surface area is 121 Å². The minimum absolute atomic E-state index is 0.172. The van der Waals surface area contributed by atoms with Gasteiger partial charge in [0.15, 0.2) is 0 Å². The molecule has 0 atom stereocenters. The number of sulfonamides is 1. The van der Waals surface area contributed by atoms with E-state index in [2.05, 4.69) is 4.72 Å². The highest BCUT2D eigenvalue weighted by Crippen LogP contribution is 2.20. The molecule has 0 bridgehead atoms. The third kappa shape index (κ3) is 4.26. The minimum Gasteiger partial charge on any atom is -0.303 e. The summed E-state index contributed by atoms with van der Waals surface area (Å²) in [5.74, 6) is -0.418. The first kappa shape index (κ1) is 17.1. The van der Waals surface area contributed by atoms with Gasteiger partial charge in [-0.15, -0.1) is 0 Å². The fourth-order valence-corrected chi connectivity index (χ4v) is 3.48. The number of hydrogen-bond acceptors (Lipinski definition) is 3. The van der Waals surface area contributed by atoms with E-state index >= 15 is 0 Å². The van der Waals surface area contributed by atoms with Crippen molar-refractivity contribution in [3.8, 4) is 0 Å². The van der Waals surface area contributed by atoms with Crippen LogP contribution in [0.4, 0.5) is 4.39 Å². The molecule has 0 radical (unpaired) electrons. The number of benzene rings is 1. The largest absolute Gasteiger partial charge is 0.303 e. The summed E-state index contributed by atoms with van der Waals surface area (Å²) in [4.78, 5) is 2.22. The van der Waals surface area contributed by atoms with Gasteiger partial charge in [-0.1, -0.05) is 0 Å². The average molecular weight is 302 g/mol. The summed E-state index contributed by atoms with van der Waals surface area (Å²) in [7, 11) is -1.67. The van der Waals surface area contributed by atoms with Crippen LogP contribution in [0.15, 0.2) is 17.0 Å². The summed E-state index contributed by atoms with van der Waals surface area (Å²) < 4.78 is 40.4. The topological polar surface area (TPSA) is 49.4 Å². The number of likely N-dealkylation sites (N-methyl/N-ethyl adjacent to an activating group) is 1. The van der Waals surface area contributed by atoms with Crippen LogP contribution in [0, 0.1) is 19.7 Å². The molecule has 0 fully saturated rings. The van der Waals surface area contributed by atoms with E-state index in [0.717, 1.165) is 0 Å². The monoisotopic (exact) mass is 302 g/mol. The molecule has 0 aliphatic rings. The predicted octanol–water partition coefficient (Wildman–Crippen LogP) is 2.06. The summed E-state index contributed by atoms with van der Waals surface area (Å²) >= 11 is 0. The summed E-state index contributed by atoms with van der Waals surface area (Å²) in [5.41, 5.74) is 0.847. The van der Waals surface area contributed by atoms with E-state index in [0.29, 0.717) is 30.3 Å². The standard InChI is InChI=1S/C14H23FN2O2S/c1-10(2)17(5)7-6-16-20(18,19)14-11(3)8-13(15)9-12(14)4/h8-10,16H,6-7H2,1-5H3. The number of aryl methyl sites for hydroxylation is 2. The van der Waals surface area contributed by atoms with Crippen molar-refractivity contribution in [3.05, 3.63) is 29.1 Å². The van der Waals surface area contributed by atoms with Crippen LogP contribution in [0.2, 0.25) is 0 Å². The Morgan fingerprint density at radius 3 is 2.20 bits per heavy atom. The molecule has 0 aromatic heterocycles. The van der Waals surface area contributed by atoms with Crippen molar-refractivity contribution < 1.29 is 12.8 Å². The molecule has 0 aliphatic carbocycles. The summed E-state index contributed by atoms with van der Waals surface area (Å²) in [6.07, 6.45) is 0. The van der Waals surface area contributed by atoms with Crippen molar-refractivity contribution in [2.75, 3.05) is 20.1 Å². The van der Waals surface area contributed by atoms with Crippen LogP contribution >= 0.6 is 0 Å². The number of nitrogens with zero attached hydrogens (tertiary/aromatic N) is 1. The van der Waals surface area contributed by atoms with Crippen LogP contribution in [0.3, 0.4) is 0 Å². The average Bonchev–Trinajstić information content (AvgIpc) is 2.26. The van der Waals surface area contributed by atoms with Crippen molar-refractivity contribution in [2.24, 2.45) is 0 Å². The molecule has 1 aromatic carbocycles. The van der Waals surface area contributed by atoms with Gasteiger partial charge >= 0.3 is 0 Å². The van der Waals surface area contributed by atoms with Gasteiger partial charge in [0.05, 0.1) is 4.90 Å². The van der Waals surface area contributed by atoms with Crippen molar-refractivity contribution in [3.63, 3.8) is 0 Å². The van der Waals surface area contributed by atoms with Gasteiger partial charge in [0.1, 0.15) is 5.82 Å². The molecule has 1 aromatic rings. The van der Waals surface area contributed by atoms with Crippen molar-refractivity contribution in [2.45, 2.75) is 38.6 Å². The second kappa shape index (κ2) is 6.65. The number of rotatable bonds is 6. The van der Waals surface area contributed by atoms with Gasteiger partial charge in [-0.05, 0) is 58.0 Å². The van der Waals surface area contributed by atoms with E-state index < -0.39 is 15.8 Å². The maximum absolute atomic E-state index is 13.2. The predicted molar refractivity (Wildman–Crippen MR) is 78.8 cm³/mol. The number of halogens is 1. The molecule has 1 N–H and O–H groups in total. The van der Waals surface area contributed by atoms with Gasteiger partial charge in [0, 0.05) is 19.1 Å². The Morgan fingerprint density at radius 1 is 1.25 bits per heavy atom. The van der Waals surface area contributed by atoms with Crippen LogP contribution in [0.25, 0.3) is 0 Å². The first-order chi connectivity index (χ1) is 9.15. The molecule has 0 aliphatic heterocycles. The molecule has 0 heterocycles. The van der Waals surface area contributed by atoms with Crippen LogP contribution in [-0.4, -0.2) is 39.5 Å². The lowest BCUT2D eigenvalue weighted by Gasteiger charge is -2.21. The third-order valence-corrected chi connectivity index (χ3v) is 5.10.